The van der Waals surface area contributed by atoms with Gasteiger partial charge < -0.3 is 15.2 Å². The molecule has 0 saturated carbocycles. The van der Waals surface area contributed by atoms with Crippen molar-refractivity contribution in [3.8, 4) is 10.7 Å². The van der Waals surface area contributed by atoms with Gasteiger partial charge in [-0.2, -0.15) is 4.98 Å². The molecule has 7 heteroatoms. The summed E-state index contributed by atoms with van der Waals surface area (Å²) in [6.07, 6.45) is 0.775. The Morgan fingerprint density at radius 1 is 1.28 bits per heavy atom. The van der Waals surface area contributed by atoms with E-state index in [1.165, 1.54) is 11.1 Å². The Labute approximate surface area is 149 Å². The number of amides is 1. The van der Waals surface area contributed by atoms with Crippen LogP contribution < -0.4 is 10.6 Å². The first-order valence-corrected chi connectivity index (χ1v) is 9.10. The van der Waals surface area contributed by atoms with E-state index in [1.807, 2.05) is 17.5 Å². The Balaban J connectivity index is 1.27. The molecule has 2 aromatic heterocycles. The zero-order chi connectivity index (χ0) is 17.1. The van der Waals surface area contributed by atoms with Crippen LogP contribution in [-0.2, 0) is 30.8 Å². The maximum absolute atomic E-state index is 12.0. The molecule has 1 aliphatic heterocycles. The van der Waals surface area contributed by atoms with Gasteiger partial charge in [0.05, 0.1) is 4.88 Å². The summed E-state index contributed by atoms with van der Waals surface area (Å²) in [5, 5.41) is 12.2. The second kappa shape index (κ2) is 7.16. The molecule has 0 saturated heterocycles. The Morgan fingerprint density at radius 2 is 2.20 bits per heavy atom. The predicted molar refractivity (Wildman–Crippen MR) is 94.8 cm³/mol. The molecule has 0 bridgehead atoms. The van der Waals surface area contributed by atoms with E-state index < -0.39 is 0 Å². The molecule has 2 N–H and O–H groups in total. The van der Waals surface area contributed by atoms with Crippen molar-refractivity contribution in [1.82, 2.24) is 20.8 Å². The zero-order valence-corrected chi connectivity index (χ0v) is 14.4. The highest BCUT2D eigenvalue weighted by atomic mass is 32.1. The van der Waals surface area contributed by atoms with Crippen LogP contribution in [0.4, 0.5) is 0 Å². The normalized spacial score (nSPS) is 13.0. The number of benzene rings is 1. The first kappa shape index (κ1) is 16.0. The molecular formula is C18H18N4O2S. The second-order valence-electron chi connectivity index (χ2n) is 5.97. The second-order valence-corrected chi connectivity index (χ2v) is 6.92. The average Bonchev–Trinajstić information content (AvgIpc) is 3.38. The predicted octanol–water partition coefficient (Wildman–Crippen LogP) is 2.65. The molecule has 1 amide bonds. The average molecular weight is 354 g/mol. The van der Waals surface area contributed by atoms with Gasteiger partial charge in [-0.15, -0.1) is 11.3 Å². The summed E-state index contributed by atoms with van der Waals surface area (Å²) in [6.45, 7) is 2.37. The number of fused-ring (bicyclic) bond motifs is 1. The zero-order valence-electron chi connectivity index (χ0n) is 13.6. The maximum Gasteiger partial charge on any atom is 0.227 e. The molecule has 1 aliphatic rings. The van der Waals surface area contributed by atoms with Crippen LogP contribution in [0.2, 0.25) is 0 Å². The van der Waals surface area contributed by atoms with Crippen LogP contribution >= 0.6 is 11.3 Å². The quantitative estimate of drug-likeness (QED) is 0.711. The van der Waals surface area contributed by atoms with E-state index in [4.69, 9.17) is 4.52 Å². The Bertz CT molecular complexity index is 873. The number of nitrogens with one attached hydrogen (secondary N) is 2. The fourth-order valence-corrected chi connectivity index (χ4v) is 3.48. The number of hydrogen-bond acceptors (Lipinski definition) is 6. The van der Waals surface area contributed by atoms with E-state index in [9.17, 15) is 4.79 Å². The maximum atomic E-state index is 12.0. The van der Waals surface area contributed by atoms with Crippen LogP contribution in [0, 0.1) is 0 Å². The van der Waals surface area contributed by atoms with Gasteiger partial charge in [0, 0.05) is 32.5 Å². The largest absolute Gasteiger partial charge is 0.352 e. The SMILES string of the molecule is O=C(CCc1nc(-c2cccs2)no1)NCc1ccc2c(c1)CNC2. The minimum absolute atomic E-state index is 0.0190. The van der Waals surface area contributed by atoms with E-state index in [0.29, 0.717) is 31.1 Å². The van der Waals surface area contributed by atoms with E-state index in [1.54, 1.807) is 11.3 Å². The minimum atomic E-state index is -0.0190. The summed E-state index contributed by atoms with van der Waals surface area (Å²) >= 11 is 1.56. The van der Waals surface area contributed by atoms with Gasteiger partial charge >= 0.3 is 0 Å². The summed E-state index contributed by atoms with van der Waals surface area (Å²) in [7, 11) is 0. The van der Waals surface area contributed by atoms with Crippen molar-refractivity contribution in [1.29, 1.82) is 0 Å². The van der Waals surface area contributed by atoms with E-state index in [-0.39, 0.29) is 5.91 Å². The smallest absolute Gasteiger partial charge is 0.227 e. The monoisotopic (exact) mass is 354 g/mol. The molecule has 6 nitrogen and oxygen atoms in total. The summed E-state index contributed by atoms with van der Waals surface area (Å²) in [4.78, 5) is 17.3. The Morgan fingerprint density at radius 3 is 3.08 bits per heavy atom. The lowest BCUT2D eigenvalue weighted by molar-refractivity contribution is -0.121. The van der Waals surface area contributed by atoms with Crippen LogP contribution in [0.25, 0.3) is 10.7 Å². The summed E-state index contributed by atoms with van der Waals surface area (Å²) in [5.41, 5.74) is 3.78. The Kier molecular flexibility index (Phi) is 4.58. The van der Waals surface area contributed by atoms with Crippen LogP contribution in [0.5, 0.6) is 0 Å². The lowest BCUT2D eigenvalue weighted by Gasteiger charge is -2.06. The lowest BCUT2D eigenvalue weighted by Crippen LogP contribution is -2.23. The molecule has 1 aromatic carbocycles. The van der Waals surface area contributed by atoms with Crippen LogP contribution in [0.3, 0.4) is 0 Å². The van der Waals surface area contributed by atoms with Crippen molar-refractivity contribution >= 4 is 17.2 Å². The minimum Gasteiger partial charge on any atom is -0.352 e. The van der Waals surface area contributed by atoms with Gasteiger partial charge in [-0.25, -0.2) is 0 Å². The van der Waals surface area contributed by atoms with E-state index >= 15 is 0 Å². The molecule has 3 aromatic rings. The molecule has 0 atom stereocenters. The first-order valence-electron chi connectivity index (χ1n) is 8.22. The fourth-order valence-electron chi connectivity index (χ4n) is 2.83. The van der Waals surface area contributed by atoms with E-state index in [2.05, 4.69) is 39.0 Å². The van der Waals surface area contributed by atoms with Gasteiger partial charge in [-0.1, -0.05) is 29.4 Å². The molecule has 0 spiro atoms. The Hall–Kier alpha value is -2.51. The number of aryl methyl sites for hydroxylation is 1. The summed E-state index contributed by atoms with van der Waals surface area (Å²) in [5.74, 6) is 1.05. The van der Waals surface area contributed by atoms with Crippen molar-refractivity contribution < 1.29 is 9.32 Å². The van der Waals surface area contributed by atoms with Gasteiger partial charge in [0.25, 0.3) is 0 Å². The van der Waals surface area contributed by atoms with Gasteiger partial charge in [-0.3, -0.25) is 4.79 Å². The molecule has 4 rings (SSSR count). The molecule has 128 valence electrons. The summed E-state index contributed by atoms with van der Waals surface area (Å²) in [6, 6.07) is 10.2. The van der Waals surface area contributed by atoms with Gasteiger partial charge in [0.2, 0.25) is 17.6 Å². The molecular weight excluding hydrogens is 336 g/mol. The van der Waals surface area contributed by atoms with Gasteiger partial charge in [0.1, 0.15) is 0 Å². The topological polar surface area (TPSA) is 80.0 Å². The number of hydrogen-bond donors (Lipinski definition) is 2. The molecule has 0 unspecified atom stereocenters. The third-order valence-corrected chi connectivity index (χ3v) is 5.03. The number of thiophene rings is 1. The molecule has 0 fully saturated rings. The molecule has 0 aliphatic carbocycles. The number of nitrogens with zero attached hydrogens (tertiary/aromatic N) is 2. The lowest BCUT2D eigenvalue weighted by atomic mass is 10.1. The molecule has 25 heavy (non-hydrogen) atoms. The third-order valence-electron chi connectivity index (χ3n) is 4.17. The van der Waals surface area contributed by atoms with Crippen molar-refractivity contribution in [2.45, 2.75) is 32.5 Å². The van der Waals surface area contributed by atoms with Gasteiger partial charge in [-0.05, 0) is 28.1 Å². The highest BCUT2D eigenvalue weighted by Crippen LogP contribution is 2.21. The van der Waals surface area contributed by atoms with E-state index in [0.717, 1.165) is 23.5 Å². The molecule has 3 heterocycles. The van der Waals surface area contributed by atoms with Crippen molar-refractivity contribution in [2.75, 3.05) is 0 Å². The fraction of sp³-hybridized carbons (Fsp3) is 0.278. The van der Waals surface area contributed by atoms with Crippen molar-refractivity contribution in [3.63, 3.8) is 0 Å². The van der Waals surface area contributed by atoms with Crippen LogP contribution in [0.1, 0.15) is 29.0 Å². The van der Waals surface area contributed by atoms with Crippen molar-refractivity contribution in [2.24, 2.45) is 0 Å². The number of aromatic nitrogens is 2. The standard InChI is InChI=1S/C18H18N4O2S/c23-16(20-9-12-3-4-13-10-19-11-14(13)8-12)5-6-17-21-18(22-24-17)15-2-1-7-25-15/h1-4,7-8,19H,5-6,9-11H2,(H,20,23). The molecule has 0 radical (unpaired) electrons. The number of carbonyl (C=O) groups is 1. The third kappa shape index (κ3) is 3.78. The highest BCUT2D eigenvalue weighted by Gasteiger charge is 2.12. The highest BCUT2D eigenvalue weighted by molar-refractivity contribution is 7.13. The number of carbonyl (C=O) groups excluding carboxylic acids is 1. The van der Waals surface area contributed by atoms with Crippen molar-refractivity contribution in [3.05, 3.63) is 58.3 Å². The first-order chi connectivity index (χ1) is 12.3. The van der Waals surface area contributed by atoms with Crippen LogP contribution in [-0.4, -0.2) is 16.0 Å². The number of rotatable bonds is 6. The van der Waals surface area contributed by atoms with Crippen LogP contribution in [0.15, 0.2) is 40.2 Å². The van der Waals surface area contributed by atoms with Gasteiger partial charge in [0.15, 0.2) is 0 Å². The summed E-state index contributed by atoms with van der Waals surface area (Å²) < 4.78 is 5.21.